The maximum atomic E-state index is 13.0. The number of esters is 1. The van der Waals surface area contributed by atoms with Gasteiger partial charge in [0, 0.05) is 0 Å². The van der Waals surface area contributed by atoms with E-state index in [1.807, 2.05) is 0 Å². The number of carbonyl (C=O) groups is 2. The van der Waals surface area contributed by atoms with Crippen LogP contribution in [0, 0.1) is 0 Å². The standard InChI is InChI=1S/C18H16F3NO4/c1-11(26-17(24)12-6-5-7-13(10-12)25-2)16(23)22-15-9-4-3-8-14(15)18(19,20)21/h3-11H,1-2H3,(H,22,23)/t11-/m0/s1. The molecule has 0 unspecified atom stereocenters. The molecule has 0 aliphatic rings. The van der Waals surface area contributed by atoms with Crippen molar-refractivity contribution in [3.05, 3.63) is 59.7 Å². The predicted molar refractivity (Wildman–Crippen MR) is 87.9 cm³/mol. The van der Waals surface area contributed by atoms with E-state index in [-0.39, 0.29) is 5.56 Å². The van der Waals surface area contributed by atoms with Crippen molar-refractivity contribution in [1.29, 1.82) is 0 Å². The fourth-order valence-corrected chi connectivity index (χ4v) is 2.11. The van der Waals surface area contributed by atoms with E-state index in [4.69, 9.17) is 9.47 Å². The summed E-state index contributed by atoms with van der Waals surface area (Å²) in [6, 6.07) is 10.6. The van der Waals surface area contributed by atoms with Crippen molar-refractivity contribution in [3.63, 3.8) is 0 Å². The Morgan fingerprint density at radius 2 is 1.77 bits per heavy atom. The third kappa shape index (κ3) is 4.75. The van der Waals surface area contributed by atoms with E-state index in [9.17, 15) is 22.8 Å². The van der Waals surface area contributed by atoms with E-state index in [2.05, 4.69) is 5.32 Å². The Morgan fingerprint density at radius 1 is 1.08 bits per heavy atom. The van der Waals surface area contributed by atoms with Crippen molar-refractivity contribution in [2.45, 2.75) is 19.2 Å². The number of nitrogens with one attached hydrogen (secondary N) is 1. The number of anilines is 1. The predicted octanol–water partition coefficient (Wildman–Crippen LogP) is 3.90. The van der Waals surface area contributed by atoms with Crippen molar-refractivity contribution in [2.24, 2.45) is 0 Å². The highest BCUT2D eigenvalue weighted by Crippen LogP contribution is 2.34. The van der Waals surface area contributed by atoms with Gasteiger partial charge >= 0.3 is 12.1 Å². The van der Waals surface area contributed by atoms with Crippen LogP contribution in [0.3, 0.4) is 0 Å². The highest BCUT2D eigenvalue weighted by atomic mass is 19.4. The lowest BCUT2D eigenvalue weighted by atomic mass is 10.1. The zero-order chi connectivity index (χ0) is 19.3. The minimum Gasteiger partial charge on any atom is -0.497 e. The number of rotatable bonds is 5. The molecule has 1 atom stereocenters. The molecule has 2 rings (SSSR count). The van der Waals surface area contributed by atoms with Gasteiger partial charge in [0.2, 0.25) is 0 Å². The first kappa shape index (κ1) is 19.3. The van der Waals surface area contributed by atoms with E-state index in [1.165, 1.54) is 38.3 Å². The molecule has 2 aromatic carbocycles. The van der Waals surface area contributed by atoms with Crippen LogP contribution in [-0.4, -0.2) is 25.1 Å². The van der Waals surface area contributed by atoms with Gasteiger partial charge < -0.3 is 14.8 Å². The van der Waals surface area contributed by atoms with Crippen molar-refractivity contribution in [1.82, 2.24) is 0 Å². The zero-order valence-electron chi connectivity index (χ0n) is 14.0. The van der Waals surface area contributed by atoms with Gasteiger partial charge in [0.05, 0.1) is 23.9 Å². The van der Waals surface area contributed by atoms with Gasteiger partial charge in [-0.2, -0.15) is 13.2 Å². The Labute approximate surface area is 147 Å². The topological polar surface area (TPSA) is 64.6 Å². The van der Waals surface area contributed by atoms with Crippen molar-refractivity contribution < 1.29 is 32.2 Å². The molecule has 138 valence electrons. The maximum Gasteiger partial charge on any atom is 0.418 e. The maximum absolute atomic E-state index is 13.0. The van der Waals surface area contributed by atoms with Gasteiger partial charge in [0.1, 0.15) is 5.75 Å². The molecule has 0 saturated heterocycles. The molecule has 1 N–H and O–H groups in total. The van der Waals surface area contributed by atoms with E-state index in [1.54, 1.807) is 12.1 Å². The third-order valence-electron chi connectivity index (χ3n) is 3.45. The number of methoxy groups -OCH3 is 1. The number of para-hydroxylation sites is 1. The number of carbonyl (C=O) groups excluding carboxylic acids is 2. The molecule has 0 saturated carbocycles. The third-order valence-corrected chi connectivity index (χ3v) is 3.45. The second-order valence-corrected chi connectivity index (χ2v) is 5.31. The smallest absolute Gasteiger partial charge is 0.418 e. The summed E-state index contributed by atoms with van der Waals surface area (Å²) in [5, 5.41) is 2.14. The average Bonchev–Trinajstić information content (AvgIpc) is 2.61. The first-order valence-corrected chi connectivity index (χ1v) is 7.54. The number of alkyl halides is 3. The van der Waals surface area contributed by atoms with E-state index >= 15 is 0 Å². The van der Waals surface area contributed by atoms with Crippen LogP contribution in [0.25, 0.3) is 0 Å². The SMILES string of the molecule is COc1cccc(C(=O)O[C@@H](C)C(=O)Nc2ccccc2C(F)(F)F)c1. The summed E-state index contributed by atoms with van der Waals surface area (Å²) in [5.41, 5.74) is -1.24. The fraction of sp³-hybridized carbons (Fsp3) is 0.222. The summed E-state index contributed by atoms with van der Waals surface area (Å²) in [7, 11) is 1.43. The largest absolute Gasteiger partial charge is 0.497 e. The Bertz CT molecular complexity index is 805. The number of hydrogen-bond donors (Lipinski definition) is 1. The average molecular weight is 367 g/mol. The van der Waals surface area contributed by atoms with E-state index in [0.29, 0.717) is 5.75 Å². The molecular formula is C18H16F3NO4. The molecule has 26 heavy (non-hydrogen) atoms. The molecule has 0 aliphatic carbocycles. The van der Waals surface area contributed by atoms with Crippen molar-refractivity contribution in [3.8, 4) is 5.75 Å². The van der Waals surface area contributed by atoms with Gasteiger partial charge in [-0.1, -0.05) is 18.2 Å². The van der Waals surface area contributed by atoms with Gasteiger partial charge in [-0.05, 0) is 37.3 Å². The van der Waals surface area contributed by atoms with Crippen LogP contribution in [0.15, 0.2) is 48.5 Å². The lowest BCUT2D eigenvalue weighted by molar-refractivity contribution is -0.137. The van der Waals surface area contributed by atoms with Gasteiger partial charge in [-0.3, -0.25) is 4.79 Å². The molecule has 0 aliphatic heterocycles. The fourth-order valence-electron chi connectivity index (χ4n) is 2.11. The molecular weight excluding hydrogens is 351 g/mol. The zero-order valence-corrected chi connectivity index (χ0v) is 14.0. The van der Waals surface area contributed by atoms with Gasteiger partial charge in [0.15, 0.2) is 6.10 Å². The summed E-state index contributed by atoms with van der Waals surface area (Å²) in [6.45, 7) is 1.27. The molecule has 0 radical (unpaired) electrons. The van der Waals surface area contributed by atoms with Gasteiger partial charge in [-0.25, -0.2) is 4.79 Å². The monoisotopic (exact) mass is 367 g/mol. The second kappa shape index (κ2) is 7.90. The summed E-state index contributed by atoms with van der Waals surface area (Å²) < 4.78 is 48.9. The van der Waals surface area contributed by atoms with Crippen LogP contribution in [-0.2, 0) is 15.7 Å². The second-order valence-electron chi connectivity index (χ2n) is 5.31. The highest BCUT2D eigenvalue weighted by molar-refractivity contribution is 5.97. The Morgan fingerprint density at radius 3 is 2.42 bits per heavy atom. The number of halogens is 3. The van der Waals surface area contributed by atoms with Crippen LogP contribution in [0.2, 0.25) is 0 Å². The van der Waals surface area contributed by atoms with Crippen LogP contribution in [0.1, 0.15) is 22.8 Å². The van der Waals surface area contributed by atoms with E-state index < -0.39 is 35.4 Å². The summed E-state index contributed by atoms with van der Waals surface area (Å²) in [5.74, 6) is -1.25. The number of hydrogen-bond acceptors (Lipinski definition) is 4. The minimum absolute atomic E-state index is 0.152. The molecule has 0 bridgehead atoms. The first-order chi connectivity index (χ1) is 12.2. The Balaban J connectivity index is 2.07. The number of amides is 1. The van der Waals surface area contributed by atoms with Crippen molar-refractivity contribution in [2.75, 3.05) is 12.4 Å². The Kier molecular flexibility index (Phi) is 5.86. The number of ether oxygens (including phenoxy) is 2. The number of benzene rings is 2. The van der Waals surface area contributed by atoms with Gasteiger partial charge in [0.25, 0.3) is 5.91 Å². The first-order valence-electron chi connectivity index (χ1n) is 7.54. The van der Waals surface area contributed by atoms with Crippen LogP contribution >= 0.6 is 0 Å². The van der Waals surface area contributed by atoms with Crippen LogP contribution < -0.4 is 10.1 Å². The minimum atomic E-state index is -4.62. The lowest BCUT2D eigenvalue weighted by Crippen LogP contribution is -2.30. The molecule has 0 aromatic heterocycles. The summed E-state index contributed by atoms with van der Waals surface area (Å²) in [4.78, 5) is 24.2. The van der Waals surface area contributed by atoms with Crippen LogP contribution in [0.4, 0.5) is 18.9 Å². The van der Waals surface area contributed by atoms with Gasteiger partial charge in [-0.15, -0.1) is 0 Å². The molecule has 0 fully saturated rings. The van der Waals surface area contributed by atoms with Crippen LogP contribution in [0.5, 0.6) is 5.75 Å². The lowest BCUT2D eigenvalue weighted by Gasteiger charge is -2.17. The molecule has 0 spiro atoms. The molecule has 5 nitrogen and oxygen atoms in total. The molecule has 1 amide bonds. The molecule has 2 aromatic rings. The van der Waals surface area contributed by atoms with E-state index in [0.717, 1.165) is 12.1 Å². The van der Waals surface area contributed by atoms with Crippen molar-refractivity contribution >= 4 is 17.6 Å². The summed E-state index contributed by atoms with van der Waals surface area (Å²) >= 11 is 0. The Hall–Kier alpha value is -3.03. The summed E-state index contributed by atoms with van der Waals surface area (Å²) in [6.07, 6.45) is -5.92. The quantitative estimate of drug-likeness (QED) is 0.814. The molecule has 0 heterocycles. The highest BCUT2D eigenvalue weighted by Gasteiger charge is 2.34. The normalized spacial score (nSPS) is 12.2. The molecule has 8 heteroatoms.